The van der Waals surface area contributed by atoms with Crippen molar-refractivity contribution in [2.24, 2.45) is 0 Å². The maximum atomic E-state index is 5.94. The van der Waals surface area contributed by atoms with Crippen LogP contribution >= 0.6 is 15.9 Å². The quantitative estimate of drug-likeness (QED) is 0.428. The average molecular weight is 493 g/mol. The summed E-state index contributed by atoms with van der Waals surface area (Å²) >= 11 is 3.60. The first kappa shape index (κ1) is 20.7. The van der Waals surface area contributed by atoms with Gasteiger partial charge in [-0.25, -0.2) is 4.98 Å². The molecule has 0 radical (unpaired) electrons. The monoisotopic (exact) mass is 492 g/mol. The Labute approximate surface area is 195 Å². The van der Waals surface area contributed by atoms with E-state index in [1.807, 2.05) is 18.3 Å². The Balaban J connectivity index is 1.52. The van der Waals surface area contributed by atoms with Crippen molar-refractivity contribution in [1.29, 1.82) is 0 Å². The highest BCUT2D eigenvalue weighted by Gasteiger charge is 2.20. The highest BCUT2D eigenvalue weighted by molar-refractivity contribution is 9.10. The molecule has 0 atom stereocenters. The van der Waals surface area contributed by atoms with Crippen molar-refractivity contribution in [3.05, 3.63) is 59.3 Å². The van der Waals surface area contributed by atoms with Gasteiger partial charge in [-0.15, -0.1) is 0 Å². The number of nitrogens with one attached hydrogen (secondary N) is 1. The lowest BCUT2D eigenvalue weighted by molar-refractivity contribution is 0.271. The van der Waals surface area contributed by atoms with Gasteiger partial charge in [0.15, 0.2) is 5.82 Å². The number of benzene rings is 2. The van der Waals surface area contributed by atoms with Crippen molar-refractivity contribution in [2.75, 3.05) is 48.3 Å². The number of fused-ring (bicyclic) bond motifs is 1. The molecule has 0 bridgehead atoms. The Hall–Kier alpha value is -3.17. The standard InChI is InChI=1S/C23H25BrN8/c1-2-30-9-11-31(12-10-30)17-3-5-18(6-4-17)32(22-20(24)15-26-23(25)28-22)19-7-8-21-16(13-19)14-27-29-21/h3-8,13-15H,2,9-12H2,1H3,(H,27,29)(H2,25,26,28). The van der Waals surface area contributed by atoms with E-state index in [1.165, 1.54) is 5.69 Å². The summed E-state index contributed by atoms with van der Waals surface area (Å²) in [5.41, 5.74) is 10.1. The van der Waals surface area contributed by atoms with Gasteiger partial charge in [0.1, 0.15) is 0 Å². The van der Waals surface area contributed by atoms with Gasteiger partial charge in [-0.3, -0.25) is 10.00 Å². The first-order chi connectivity index (χ1) is 15.6. The van der Waals surface area contributed by atoms with Crippen LogP contribution < -0.4 is 15.5 Å². The van der Waals surface area contributed by atoms with E-state index in [9.17, 15) is 0 Å². The van der Waals surface area contributed by atoms with Gasteiger partial charge in [0, 0.05) is 54.8 Å². The van der Waals surface area contributed by atoms with Crippen LogP contribution in [-0.2, 0) is 0 Å². The lowest BCUT2D eigenvalue weighted by Crippen LogP contribution is -2.46. The minimum Gasteiger partial charge on any atom is -0.369 e. The number of hydrogen-bond acceptors (Lipinski definition) is 7. The fourth-order valence-electron chi connectivity index (χ4n) is 4.13. The third-order valence-electron chi connectivity index (χ3n) is 5.93. The number of nitrogens with zero attached hydrogens (tertiary/aromatic N) is 6. The third-order valence-corrected chi connectivity index (χ3v) is 6.49. The first-order valence-electron chi connectivity index (χ1n) is 10.7. The molecular weight excluding hydrogens is 468 g/mol. The molecule has 0 aliphatic carbocycles. The van der Waals surface area contributed by atoms with Crippen molar-refractivity contribution in [3.8, 4) is 0 Å². The first-order valence-corrected chi connectivity index (χ1v) is 11.5. The zero-order valence-electron chi connectivity index (χ0n) is 17.9. The van der Waals surface area contributed by atoms with E-state index in [4.69, 9.17) is 5.73 Å². The molecule has 1 aliphatic rings. The van der Waals surface area contributed by atoms with Crippen LogP contribution in [0.25, 0.3) is 10.9 Å². The Morgan fingerprint density at radius 2 is 1.78 bits per heavy atom. The fourth-order valence-corrected chi connectivity index (χ4v) is 4.49. The van der Waals surface area contributed by atoms with E-state index < -0.39 is 0 Å². The van der Waals surface area contributed by atoms with Crippen molar-refractivity contribution in [1.82, 2.24) is 25.1 Å². The number of piperazine rings is 1. The number of rotatable bonds is 5. The van der Waals surface area contributed by atoms with Crippen LogP contribution in [-0.4, -0.2) is 57.8 Å². The molecule has 0 unspecified atom stereocenters. The Bertz CT molecular complexity index is 1210. The van der Waals surface area contributed by atoms with Gasteiger partial charge in [-0.05, 0) is 64.9 Å². The van der Waals surface area contributed by atoms with Crippen molar-refractivity contribution >= 4 is 55.7 Å². The summed E-state index contributed by atoms with van der Waals surface area (Å²) < 4.78 is 0.763. The fraction of sp³-hybridized carbons (Fsp3) is 0.261. The molecule has 3 heterocycles. The molecule has 1 saturated heterocycles. The lowest BCUT2D eigenvalue weighted by Gasteiger charge is -2.35. The van der Waals surface area contributed by atoms with E-state index in [0.29, 0.717) is 5.82 Å². The zero-order chi connectivity index (χ0) is 22.1. The van der Waals surface area contributed by atoms with E-state index in [0.717, 1.165) is 59.5 Å². The van der Waals surface area contributed by atoms with Crippen LogP contribution in [0.15, 0.2) is 59.3 Å². The second-order valence-corrected chi connectivity index (χ2v) is 8.67. The van der Waals surface area contributed by atoms with Crippen molar-refractivity contribution < 1.29 is 0 Å². The normalized spacial score (nSPS) is 14.8. The highest BCUT2D eigenvalue weighted by atomic mass is 79.9. The zero-order valence-corrected chi connectivity index (χ0v) is 19.5. The van der Waals surface area contributed by atoms with Crippen molar-refractivity contribution in [3.63, 3.8) is 0 Å². The summed E-state index contributed by atoms with van der Waals surface area (Å²) in [6, 6.07) is 14.8. The number of likely N-dealkylation sites (N-methyl/N-ethyl adjacent to an activating group) is 1. The number of nitrogen functional groups attached to an aromatic ring is 1. The van der Waals surface area contributed by atoms with E-state index in [1.54, 1.807) is 6.20 Å². The Kier molecular flexibility index (Phi) is 5.67. The molecule has 0 spiro atoms. The molecule has 0 saturated carbocycles. The van der Waals surface area contributed by atoms with Gasteiger partial charge < -0.3 is 15.5 Å². The van der Waals surface area contributed by atoms with Gasteiger partial charge in [0.25, 0.3) is 0 Å². The van der Waals surface area contributed by atoms with Gasteiger partial charge in [-0.1, -0.05) is 6.92 Å². The van der Waals surface area contributed by atoms with E-state index >= 15 is 0 Å². The van der Waals surface area contributed by atoms with Crippen LogP contribution in [0.2, 0.25) is 0 Å². The number of nitrogens with two attached hydrogens (primary N) is 1. The third kappa shape index (κ3) is 4.01. The van der Waals surface area contributed by atoms with Crippen molar-refractivity contribution in [2.45, 2.75) is 6.92 Å². The Morgan fingerprint density at radius 3 is 2.53 bits per heavy atom. The number of hydrogen-bond donors (Lipinski definition) is 2. The topological polar surface area (TPSA) is 90.2 Å². The van der Waals surface area contributed by atoms with E-state index in [2.05, 4.69) is 88.1 Å². The molecule has 1 fully saturated rings. The minimum absolute atomic E-state index is 0.225. The molecule has 2 aromatic carbocycles. The molecule has 3 N–H and O–H groups in total. The molecule has 5 rings (SSSR count). The lowest BCUT2D eigenvalue weighted by atomic mass is 10.1. The summed E-state index contributed by atoms with van der Waals surface area (Å²) in [6.07, 6.45) is 3.50. The maximum Gasteiger partial charge on any atom is 0.222 e. The molecule has 2 aromatic heterocycles. The maximum absolute atomic E-state index is 5.94. The molecular formula is C23H25BrN8. The van der Waals surface area contributed by atoms with Crippen LogP contribution in [0.4, 0.5) is 28.8 Å². The number of H-pyrrole nitrogens is 1. The molecule has 164 valence electrons. The van der Waals surface area contributed by atoms with Gasteiger partial charge in [0.2, 0.25) is 5.95 Å². The summed E-state index contributed by atoms with van der Waals surface area (Å²) in [6.45, 7) is 7.62. The largest absolute Gasteiger partial charge is 0.369 e. The van der Waals surface area contributed by atoms with Gasteiger partial charge >= 0.3 is 0 Å². The summed E-state index contributed by atoms with van der Waals surface area (Å²) in [4.78, 5) is 15.6. The Morgan fingerprint density at radius 1 is 1.03 bits per heavy atom. The van der Waals surface area contributed by atoms with Crippen LogP contribution in [0.3, 0.4) is 0 Å². The molecule has 32 heavy (non-hydrogen) atoms. The molecule has 1 aliphatic heterocycles. The molecule has 8 nitrogen and oxygen atoms in total. The van der Waals surface area contributed by atoms with Crippen LogP contribution in [0.1, 0.15) is 6.92 Å². The summed E-state index contributed by atoms with van der Waals surface area (Å²) in [7, 11) is 0. The molecule has 9 heteroatoms. The summed E-state index contributed by atoms with van der Waals surface area (Å²) in [5.74, 6) is 0.910. The minimum atomic E-state index is 0.225. The average Bonchev–Trinajstić information content (AvgIpc) is 3.30. The second-order valence-electron chi connectivity index (χ2n) is 7.81. The predicted molar refractivity (Wildman–Crippen MR) is 133 cm³/mol. The highest BCUT2D eigenvalue weighted by Crippen LogP contribution is 2.39. The summed E-state index contributed by atoms with van der Waals surface area (Å²) in [5, 5.41) is 8.17. The van der Waals surface area contributed by atoms with Crippen LogP contribution in [0, 0.1) is 0 Å². The molecule has 0 amide bonds. The van der Waals surface area contributed by atoms with Crippen LogP contribution in [0.5, 0.6) is 0 Å². The predicted octanol–water partition coefficient (Wildman–Crippen LogP) is 4.31. The van der Waals surface area contributed by atoms with Gasteiger partial charge in [-0.2, -0.15) is 10.1 Å². The van der Waals surface area contributed by atoms with Gasteiger partial charge in [0.05, 0.1) is 16.2 Å². The second kappa shape index (κ2) is 8.76. The van der Waals surface area contributed by atoms with E-state index in [-0.39, 0.29) is 5.95 Å². The molecule has 4 aromatic rings. The number of halogens is 1. The number of aromatic amines is 1. The number of aromatic nitrogens is 4. The SMILES string of the molecule is CCN1CCN(c2ccc(N(c3ccc4[nH]ncc4c3)c3nc(N)ncc3Br)cc2)CC1. The number of anilines is 5. The smallest absolute Gasteiger partial charge is 0.222 e.